The molecule has 0 atom stereocenters. The summed E-state index contributed by atoms with van der Waals surface area (Å²) >= 11 is 0. The topological polar surface area (TPSA) is 0 Å². The molecule has 0 spiro atoms. The molecular weight excluding hydrogens is 452 g/mol. The molecule has 4 aromatic rings. The second kappa shape index (κ2) is 8.32. The van der Waals surface area contributed by atoms with E-state index in [1.807, 2.05) is 0 Å². The maximum Gasteiger partial charge on any atom is 0.139 e. The zero-order valence-corrected chi connectivity index (χ0v) is 23.5. The summed E-state index contributed by atoms with van der Waals surface area (Å²) < 4.78 is 0. The average Bonchev–Trinajstić information content (AvgIpc) is 2.89. The summed E-state index contributed by atoms with van der Waals surface area (Å²) in [4.78, 5) is 0. The lowest BCUT2D eigenvalue weighted by Gasteiger charge is -2.71. The molecule has 4 heteroatoms. The highest BCUT2D eigenvalue weighted by molar-refractivity contribution is 6.33. The number of rotatable bonds is 4. The number of hydrogen-bond donors (Lipinski definition) is 0. The molecule has 8 rings (SSSR count). The van der Waals surface area contributed by atoms with Crippen molar-refractivity contribution in [1.82, 2.24) is 0 Å². The summed E-state index contributed by atoms with van der Waals surface area (Å²) in [5.74, 6) is 0. The van der Waals surface area contributed by atoms with Crippen molar-refractivity contribution >= 4 is 53.2 Å². The molecule has 0 N–H and O–H groups in total. The molecule has 0 nitrogen and oxygen atoms in total. The molecule has 0 aromatic heterocycles. The molecule has 0 heterocycles. The molecule has 0 amide bonds. The van der Waals surface area contributed by atoms with E-state index in [1.165, 1.54) is 60.4 Å². The van der Waals surface area contributed by atoms with Crippen molar-refractivity contribution in [2.24, 2.45) is 0 Å². The van der Waals surface area contributed by atoms with E-state index in [4.69, 9.17) is 0 Å². The zero-order chi connectivity index (χ0) is 26.2. The molecule has 0 saturated heterocycles. The van der Waals surface area contributed by atoms with Crippen LogP contribution in [0.5, 0.6) is 0 Å². The monoisotopic (exact) mass is 488 g/mol. The lowest BCUT2D eigenvalue weighted by molar-refractivity contribution is -0.0691. The molecule has 4 aliphatic rings. The molecule has 4 bridgehead atoms. The van der Waals surface area contributed by atoms with Crippen LogP contribution in [0.4, 0.5) is 0 Å². The van der Waals surface area contributed by atoms with E-state index in [0.29, 0.717) is 0 Å². The predicted molar refractivity (Wildman–Crippen MR) is 173 cm³/mol. The highest BCUT2D eigenvalue weighted by Gasteiger charge is 2.69. The van der Waals surface area contributed by atoms with E-state index in [2.05, 4.69) is 128 Å². The zero-order valence-electron chi connectivity index (χ0n) is 23.5. The minimum Gasteiger partial charge on any atom is -0.0889 e. The average molecular weight is 488 g/mol. The molecule has 0 aliphatic heterocycles. The van der Waals surface area contributed by atoms with Crippen LogP contribution in [-0.2, 0) is 21.7 Å². The Labute approximate surface area is 232 Å². The minimum absolute atomic E-state index is 0.170. The largest absolute Gasteiger partial charge is 0.139 e. The van der Waals surface area contributed by atoms with Crippen molar-refractivity contribution < 1.29 is 0 Å². The van der Waals surface area contributed by atoms with Crippen LogP contribution in [0.2, 0.25) is 0 Å². The third-order valence-electron chi connectivity index (χ3n) is 10.7. The summed E-state index contributed by atoms with van der Waals surface area (Å²) in [6, 6.07) is 38.6. The minimum atomic E-state index is 0.170. The van der Waals surface area contributed by atoms with Crippen LogP contribution in [-0.4, -0.2) is 31.4 Å². The smallest absolute Gasteiger partial charge is 0.0889 e. The fourth-order valence-electron chi connectivity index (χ4n) is 9.49. The van der Waals surface area contributed by atoms with Gasteiger partial charge in [-0.15, -0.1) is 0 Å². The Bertz CT molecular complexity index is 1220. The van der Waals surface area contributed by atoms with Crippen molar-refractivity contribution in [3.8, 4) is 0 Å². The highest BCUT2D eigenvalue weighted by Crippen LogP contribution is 2.74. The van der Waals surface area contributed by atoms with Gasteiger partial charge in [0, 0.05) is 0 Å². The van der Waals surface area contributed by atoms with Crippen molar-refractivity contribution in [2.75, 3.05) is 0 Å². The third-order valence-corrected chi connectivity index (χ3v) is 10.7. The predicted octanol–water partition coefficient (Wildman–Crippen LogP) is 1.15. The van der Waals surface area contributed by atoms with Crippen LogP contribution in [0, 0.1) is 0 Å². The molecular formula is C34H36B4. The lowest BCUT2D eigenvalue weighted by atomic mass is 9.32. The maximum atomic E-state index is 2.47. The van der Waals surface area contributed by atoms with Gasteiger partial charge in [-0.05, 0) is 82.4 Å². The summed E-state index contributed by atoms with van der Waals surface area (Å²) in [5.41, 5.74) is 12.3. The molecule has 4 aromatic carbocycles. The van der Waals surface area contributed by atoms with Crippen molar-refractivity contribution in [2.45, 2.75) is 60.2 Å². The molecule has 4 saturated carbocycles. The van der Waals surface area contributed by atoms with E-state index in [-0.39, 0.29) is 21.7 Å². The Kier molecular flexibility index (Phi) is 5.30. The third kappa shape index (κ3) is 3.63. The van der Waals surface area contributed by atoms with Gasteiger partial charge in [-0.1, -0.05) is 119 Å². The molecule has 0 unspecified atom stereocenters. The van der Waals surface area contributed by atoms with Gasteiger partial charge in [0.25, 0.3) is 0 Å². The first-order valence-electron chi connectivity index (χ1n) is 14.5. The van der Waals surface area contributed by atoms with Gasteiger partial charge in [-0.2, -0.15) is 0 Å². The Morgan fingerprint density at radius 1 is 0.289 bits per heavy atom. The van der Waals surface area contributed by atoms with Crippen LogP contribution in [0.25, 0.3) is 0 Å². The van der Waals surface area contributed by atoms with E-state index >= 15 is 0 Å². The van der Waals surface area contributed by atoms with Gasteiger partial charge >= 0.3 is 0 Å². The van der Waals surface area contributed by atoms with Gasteiger partial charge in [0.2, 0.25) is 0 Å². The SMILES string of the molecule is Bc1ccc(C23CC4(c5ccc(B)cc5)CC(c5ccc(B)cc5)(C2)CC(c2ccc(B)cc2)(C3)C4)cc1. The standard InChI is InChI=1S/C34H36B4/c35-27-9-1-23(2-10-27)31-17-32(24-3-11-28(36)12-4-24)20-33(18-31,25-5-13-29(37)14-6-25)22-34(19-31,21-32)26-7-15-30(38)16-8-26/h1-16H,17-22,35-38H2. The first kappa shape index (κ1) is 24.2. The Balaban J connectivity index is 1.51. The first-order chi connectivity index (χ1) is 18.2. The Hall–Kier alpha value is -2.86. The lowest BCUT2D eigenvalue weighted by Crippen LogP contribution is -2.67. The van der Waals surface area contributed by atoms with Crippen molar-refractivity contribution in [1.29, 1.82) is 0 Å². The Morgan fingerprint density at radius 3 is 0.605 bits per heavy atom. The summed E-state index contributed by atoms with van der Waals surface area (Å²) in [6.07, 6.45) is 7.54. The van der Waals surface area contributed by atoms with Gasteiger partial charge in [0.1, 0.15) is 31.4 Å². The normalized spacial score (nSPS) is 31.4. The molecule has 38 heavy (non-hydrogen) atoms. The Morgan fingerprint density at radius 2 is 0.447 bits per heavy atom. The molecule has 4 aliphatic carbocycles. The summed E-state index contributed by atoms with van der Waals surface area (Å²) in [6.45, 7) is 0. The molecule has 184 valence electrons. The van der Waals surface area contributed by atoms with Crippen LogP contribution in [0.15, 0.2) is 97.1 Å². The van der Waals surface area contributed by atoms with Gasteiger partial charge < -0.3 is 0 Å². The van der Waals surface area contributed by atoms with Gasteiger partial charge in [-0.3, -0.25) is 0 Å². The van der Waals surface area contributed by atoms with Gasteiger partial charge in [-0.25, -0.2) is 0 Å². The van der Waals surface area contributed by atoms with Gasteiger partial charge in [0.15, 0.2) is 0 Å². The fraction of sp³-hybridized carbons (Fsp3) is 0.294. The van der Waals surface area contributed by atoms with Crippen molar-refractivity contribution in [3.63, 3.8) is 0 Å². The van der Waals surface area contributed by atoms with E-state index < -0.39 is 0 Å². The van der Waals surface area contributed by atoms with Crippen molar-refractivity contribution in [3.05, 3.63) is 119 Å². The van der Waals surface area contributed by atoms with E-state index in [0.717, 1.165) is 0 Å². The molecule has 0 radical (unpaired) electrons. The van der Waals surface area contributed by atoms with Gasteiger partial charge in [0.05, 0.1) is 0 Å². The van der Waals surface area contributed by atoms with Crippen LogP contribution in [0.3, 0.4) is 0 Å². The maximum absolute atomic E-state index is 2.47. The highest BCUT2D eigenvalue weighted by atomic mass is 14.7. The fourth-order valence-corrected chi connectivity index (χ4v) is 9.49. The van der Waals surface area contributed by atoms with Crippen LogP contribution in [0.1, 0.15) is 60.8 Å². The number of hydrogen-bond acceptors (Lipinski definition) is 0. The van der Waals surface area contributed by atoms with E-state index in [1.54, 1.807) is 22.3 Å². The summed E-state index contributed by atoms with van der Waals surface area (Å²) in [7, 11) is 8.88. The van der Waals surface area contributed by atoms with E-state index in [9.17, 15) is 0 Å². The van der Waals surface area contributed by atoms with Crippen LogP contribution < -0.4 is 21.9 Å². The second-order valence-electron chi connectivity index (χ2n) is 13.6. The van der Waals surface area contributed by atoms with Crippen LogP contribution >= 0.6 is 0 Å². The molecule has 4 fully saturated rings. The summed E-state index contributed by atoms with van der Waals surface area (Å²) in [5, 5.41) is 0. The quantitative estimate of drug-likeness (QED) is 0.379. The first-order valence-corrected chi connectivity index (χ1v) is 14.5. The number of benzene rings is 4. The second-order valence-corrected chi connectivity index (χ2v) is 13.6.